The molecule has 1 aliphatic heterocycles. The van der Waals surface area contributed by atoms with Gasteiger partial charge in [-0.25, -0.2) is 0 Å². The van der Waals surface area contributed by atoms with Crippen molar-refractivity contribution < 1.29 is 0 Å². The second-order valence-electron chi connectivity index (χ2n) is 3.80. The smallest absolute Gasteiger partial charge is 0.00950 e. The van der Waals surface area contributed by atoms with Gasteiger partial charge in [-0.1, -0.05) is 42.3 Å². The Morgan fingerprint density at radius 3 is 2.36 bits per heavy atom. The summed E-state index contributed by atoms with van der Waals surface area (Å²) in [5, 5.41) is 0. The van der Waals surface area contributed by atoms with Crippen LogP contribution in [0.25, 0.3) is 0 Å². The van der Waals surface area contributed by atoms with E-state index in [1.54, 1.807) is 0 Å². The third-order valence-corrected chi connectivity index (χ3v) is 3.86. The molecule has 0 unspecified atom stereocenters. The summed E-state index contributed by atoms with van der Waals surface area (Å²) in [4.78, 5) is 0. The van der Waals surface area contributed by atoms with Crippen LogP contribution in [0, 0.1) is 0 Å². The minimum Gasteiger partial charge on any atom is -0.251 e. The Bertz CT molecular complexity index is 265. The maximum atomic E-state index is 2.46. The number of nitrogens with zero attached hydrogens (tertiary/aromatic N) is 1. The fraction of sp³-hybridized carbons (Fsp3) is 0.500. The first kappa shape index (κ1) is 10.1. The predicted molar refractivity (Wildman–Crippen MR) is 63.5 cm³/mol. The van der Waals surface area contributed by atoms with Gasteiger partial charge in [0.2, 0.25) is 0 Å². The summed E-state index contributed by atoms with van der Waals surface area (Å²) in [7, 11) is 0. The highest BCUT2D eigenvalue weighted by Crippen LogP contribution is 2.29. The van der Waals surface area contributed by atoms with Gasteiger partial charge in [0.15, 0.2) is 0 Å². The van der Waals surface area contributed by atoms with Crippen molar-refractivity contribution in [1.29, 1.82) is 0 Å². The van der Waals surface area contributed by atoms with Crippen LogP contribution in [-0.2, 0) is 0 Å². The van der Waals surface area contributed by atoms with Crippen molar-refractivity contribution in [3.63, 3.8) is 0 Å². The van der Waals surface area contributed by atoms with Crippen LogP contribution in [-0.4, -0.2) is 23.7 Å². The summed E-state index contributed by atoms with van der Waals surface area (Å²) in [5.74, 6) is 0.791. The van der Waals surface area contributed by atoms with E-state index in [0.717, 1.165) is 5.92 Å². The second-order valence-corrected chi connectivity index (χ2v) is 4.68. The normalized spacial score (nSPS) is 19.8. The molecule has 0 amide bonds. The molecule has 1 saturated heterocycles. The van der Waals surface area contributed by atoms with E-state index in [4.69, 9.17) is 0 Å². The molecule has 1 nitrogen and oxygen atoms in total. The highest BCUT2D eigenvalue weighted by molar-refractivity contribution is 7.96. The fourth-order valence-electron chi connectivity index (χ4n) is 2.10. The first-order valence-corrected chi connectivity index (χ1v) is 6.42. The predicted octanol–water partition coefficient (Wildman–Crippen LogP) is 3.14. The van der Waals surface area contributed by atoms with Gasteiger partial charge in [-0.3, -0.25) is 4.31 Å². The van der Waals surface area contributed by atoms with E-state index >= 15 is 0 Å². The third-order valence-electron chi connectivity index (χ3n) is 2.98. The summed E-state index contributed by atoms with van der Waals surface area (Å²) >= 11 is 1.88. The summed E-state index contributed by atoms with van der Waals surface area (Å²) in [6, 6.07) is 10.9. The molecule has 2 heteroatoms. The largest absolute Gasteiger partial charge is 0.251 e. The molecule has 1 aromatic carbocycles. The van der Waals surface area contributed by atoms with Gasteiger partial charge in [0.25, 0.3) is 0 Å². The fourth-order valence-corrected chi connectivity index (χ4v) is 2.67. The molecule has 1 aromatic rings. The van der Waals surface area contributed by atoms with Crippen molar-refractivity contribution in [2.24, 2.45) is 0 Å². The quantitative estimate of drug-likeness (QED) is 0.685. The Balaban J connectivity index is 1.96. The van der Waals surface area contributed by atoms with Gasteiger partial charge in [-0.2, -0.15) is 0 Å². The maximum absolute atomic E-state index is 2.46. The molecule has 14 heavy (non-hydrogen) atoms. The van der Waals surface area contributed by atoms with Crippen LogP contribution in [0.5, 0.6) is 0 Å². The summed E-state index contributed by atoms with van der Waals surface area (Å²) in [6.07, 6.45) is 4.79. The van der Waals surface area contributed by atoms with Crippen molar-refractivity contribution >= 4 is 11.9 Å². The molecule has 0 spiro atoms. The Hall–Kier alpha value is -0.470. The van der Waals surface area contributed by atoms with E-state index in [0.29, 0.717) is 0 Å². The number of piperidine rings is 1. The zero-order valence-electron chi connectivity index (χ0n) is 8.65. The molecule has 0 aliphatic carbocycles. The lowest BCUT2D eigenvalue weighted by Crippen LogP contribution is -2.27. The van der Waals surface area contributed by atoms with E-state index in [1.165, 1.54) is 31.5 Å². The Kier molecular flexibility index (Phi) is 3.49. The van der Waals surface area contributed by atoms with Crippen LogP contribution in [0.1, 0.15) is 24.3 Å². The lowest BCUT2D eigenvalue weighted by Gasteiger charge is -2.30. The van der Waals surface area contributed by atoms with Crippen LogP contribution < -0.4 is 0 Å². The van der Waals surface area contributed by atoms with Gasteiger partial charge in [-0.15, -0.1) is 0 Å². The molecular formula is C12H17NS. The molecule has 1 heterocycles. The minimum absolute atomic E-state index is 0.791. The zero-order valence-corrected chi connectivity index (χ0v) is 9.46. The van der Waals surface area contributed by atoms with Crippen molar-refractivity contribution in [2.45, 2.75) is 18.8 Å². The van der Waals surface area contributed by atoms with Gasteiger partial charge in [0.05, 0.1) is 0 Å². The number of hydrogen-bond donors (Lipinski definition) is 0. The zero-order chi connectivity index (χ0) is 9.80. The van der Waals surface area contributed by atoms with Crippen LogP contribution in [0.15, 0.2) is 30.3 Å². The lowest BCUT2D eigenvalue weighted by molar-refractivity contribution is 0.347. The molecule has 0 atom stereocenters. The molecule has 2 rings (SSSR count). The first-order valence-electron chi connectivity index (χ1n) is 5.24. The Morgan fingerprint density at radius 2 is 1.79 bits per heavy atom. The Labute approximate surface area is 90.6 Å². The van der Waals surface area contributed by atoms with Crippen LogP contribution in [0.2, 0.25) is 0 Å². The summed E-state index contributed by atoms with van der Waals surface area (Å²) < 4.78 is 2.46. The van der Waals surface area contributed by atoms with Crippen molar-refractivity contribution in [3.8, 4) is 0 Å². The molecule has 0 N–H and O–H groups in total. The average molecular weight is 207 g/mol. The molecule has 1 aliphatic rings. The average Bonchev–Trinajstić information content (AvgIpc) is 2.30. The van der Waals surface area contributed by atoms with E-state index < -0.39 is 0 Å². The summed E-state index contributed by atoms with van der Waals surface area (Å²) in [5.41, 5.74) is 1.52. The first-order chi connectivity index (χ1) is 6.90. The minimum atomic E-state index is 0.791. The molecule has 0 bridgehead atoms. The van der Waals surface area contributed by atoms with Gasteiger partial charge < -0.3 is 0 Å². The van der Waals surface area contributed by atoms with Crippen molar-refractivity contribution in [3.05, 3.63) is 35.9 Å². The van der Waals surface area contributed by atoms with Gasteiger partial charge in [-0.05, 0) is 30.6 Å². The molecule has 0 radical (unpaired) electrons. The SMILES string of the molecule is CSN1CCC(c2ccccc2)CC1. The lowest BCUT2D eigenvalue weighted by atomic mass is 9.90. The van der Waals surface area contributed by atoms with Gasteiger partial charge in [0, 0.05) is 13.1 Å². The van der Waals surface area contributed by atoms with Crippen LogP contribution >= 0.6 is 11.9 Å². The third kappa shape index (κ3) is 2.31. The van der Waals surface area contributed by atoms with E-state index in [2.05, 4.69) is 40.9 Å². The number of benzene rings is 1. The molecule has 0 aromatic heterocycles. The second kappa shape index (κ2) is 4.85. The van der Waals surface area contributed by atoms with E-state index in [-0.39, 0.29) is 0 Å². The summed E-state index contributed by atoms with van der Waals surface area (Å²) in [6.45, 7) is 2.47. The van der Waals surface area contributed by atoms with E-state index in [1.807, 2.05) is 11.9 Å². The van der Waals surface area contributed by atoms with Gasteiger partial charge in [0.1, 0.15) is 0 Å². The van der Waals surface area contributed by atoms with Crippen LogP contribution in [0.3, 0.4) is 0 Å². The topological polar surface area (TPSA) is 3.24 Å². The number of rotatable bonds is 2. The Morgan fingerprint density at radius 1 is 1.14 bits per heavy atom. The molecule has 76 valence electrons. The van der Waals surface area contributed by atoms with E-state index in [9.17, 15) is 0 Å². The highest BCUT2D eigenvalue weighted by Gasteiger charge is 2.19. The maximum Gasteiger partial charge on any atom is 0.00950 e. The highest BCUT2D eigenvalue weighted by atomic mass is 32.2. The molecular weight excluding hydrogens is 190 g/mol. The standard InChI is InChI=1S/C12H17NS/c1-14-13-9-7-12(8-10-13)11-5-3-2-4-6-11/h2-6,12H,7-10H2,1H3. The number of hydrogen-bond acceptors (Lipinski definition) is 2. The van der Waals surface area contributed by atoms with Gasteiger partial charge >= 0.3 is 0 Å². The molecule has 1 fully saturated rings. The van der Waals surface area contributed by atoms with Crippen molar-refractivity contribution in [2.75, 3.05) is 19.3 Å². The molecule has 0 saturated carbocycles. The van der Waals surface area contributed by atoms with Crippen LogP contribution in [0.4, 0.5) is 0 Å². The monoisotopic (exact) mass is 207 g/mol. The van der Waals surface area contributed by atoms with Crippen molar-refractivity contribution in [1.82, 2.24) is 4.31 Å².